The number of benzene rings is 1. The van der Waals surface area contributed by atoms with Gasteiger partial charge in [-0.2, -0.15) is 0 Å². The molecular weight excluding hydrogens is 296 g/mol. The van der Waals surface area contributed by atoms with Crippen LogP contribution in [-0.2, 0) is 10.0 Å². The zero-order chi connectivity index (χ0) is 14.9. The topological polar surface area (TPSA) is 79.0 Å². The van der Waals surface area contributed by atoms with Crippen LogP contribution < -0.4 is 9.60 Å². The number of H-pyrrole nitrogens is 1. The largest absolute Gasteiger partial charge is 0.315 e. The van der Waals surface area contributed by atoms with Gasteiger partial charge < -0.3 is 4.98 Å². The maximum Gasteiger partial charge on any atom is 0.305 e. The summed E-state index contributed by atoms with van der Waals surface area (Å²) in [6.07, 6.45) is 0. The van der Waals surface area contributed by atoms with E-state index in [0.717, 1.165) is 11.1 Å². The molecule has 1 aromatic heterocycles. The Kier molecular flexibility index (Phi) is 4.12. The van der Waals surface area contributed by atoms with E-state index in [0.29, 0.717) is 17.0 Å². The van der Waals surface area contributed by atoms with Gasteiger partial charge in [0.15, 0.2) is 4.21 Å². The van der Waals surface area contributed by atoms with E-state index in [2.05, 4.69) is 9.71 Å². The molecule has 5 nitrogen and oxygen atoms in total. The molecule has 0 spiro atoms. The number of rotatable bonds is 4. The van der Waals surface area contributed by atoms with Crippen molar-refractivity contribution in [3.63, 3.8) is 0 Å². The molecule has 0 aliphatic rings. The van der Waals surface area contributed by atoms with Crippen molar-refractivity contribution in [1.82, 2.24) is 9.71 Å². The molecule has 2 N–H and O–H groups in total. The fourth-order valence-corrected chi connectivity index (χ4v) is 4.41. The van der Waals surface area contributed by atoms with E-state index in [1.54, 1.807) is 13.8 Å². The minimum absolute atomic E-state index is 0.0430. The van der Waals surface area contributed by atoms with Gasteiger partial charge in [0.1, 0.15) is 0 Å². The van der Waals surface area contributed by atoms with Crippen molar-refractivity contribution in [3.8, 4) is 0 Å². The molecule has 2 rings (SSSR count). The standard InChI is InChI=1S/C13H16N2O3S2/c1-8-4-6-11(7-5-8)9(2)15-20(17,18)12-10(3)14-13(16)19-12/h4-7,9,15H,1-3H3,(H,14,16). The van der Waals surface area contributed by atoms with Crippen molar-refractivity contribution in [3.05, 3.63) is 50.8 Å². The first-order valence-corrected chi connectivity index (χ1v) is 8.38. The van der Waals surface area contributed by atoms with Crippen LogP contribution in [0.2, 0.25) is 0 Å². The summed E-state index contributed by atoms with van der Waals surface area (Å²) in [6.45, 7) is 5.31. The van der Waals surface area contributed by atoms with Crippen molar-refractivity contribution in [2.45, 2.75) is 31.0 Å². The summed E-state index contributed by atoms with van der Waals surface area (Å²) in [4.78, 5) is 13.3. The van der Waals surface area contributed by atoms with Crippen molar-refractivity contribution in [2.75, 3.05) is 0 Å². The second-order valence-electron chi connectivity index (χ2n) is 4.68. The molecule has 1 unspecified atom stereocenters. The van der Waals surface area contributed by atoms with E-state index in [4.69, 9.17) is 0 Å². The third-order valence-electron chi connectivity index (χ3n) is 2.93. The molecule has 1 atom stereocenters. The molecule has 1 aromatic carbocycles. The van der Waals surface area contributed by atoms with Gasteiger partial charge in [0.2, 0.25) is 0 Å². The smallest absolute Gasteiger partial charge is 0.305 e. The molecular formula is C13H16N2O3S2. The highest BCUT2D eigenvalue weighted by Crippen LogP contribution is 2.20. The molecule has 108 valence electrons. The monoisotopic (exact) mass is 312 g/mol. The molecule has 20 heavy (non-hydrogen) atoms. The quantitative estimate of drug-likeness (QED) is 0.907. The summed E-state index contributed by atoms with van der Waals surface area (Å²) in [7, 11) is -3.69. The number of hydrogen-bond acceptors (Lipinski definition) is 4. The number of hydrogen-bond donors (Lipinski definition) is 2. The van der Waals surface area contributed by atoms with Gasteiger partial charge in [-0.05, 0) is 26.3 Å². The van der Waals surface area contributed by atoms with Gasteiger partial charge in [-0.1, -0.05) is 41.2 Å². The summed E-state index contributed by atoms with van der Waals surface area (Å²) in [5, 5.41) is 0. The lowest BCUT2D eigenvalue weighted by molar-refractivity contribution is 0.568. The zero-order valence-corrected chi connectivity index (χ0v) is 13.1. The van der Waals surface area contributed by atoms with Crippen molar-refractivity contribution in [2.24, 2.45) is 0 Å². The lowest BCUT2D eigenvalue weighted by atomic mass is 10.1. The predicted molar refractivity (Wildman–Crippen MR) is 79.6 cm³/mol. The highest BCUT2D eigenvalue weighted by molar-refractivity contribution is 7.91. The zero-order valence-electron chi connectivity index (χ0n) is 11.4. The molecule has 0 amide bonds. The van der Waals surface area contributed by atoms with Gasteiger partial charge >= 0.3 is 4.87 Å². The SMILES string of the molecule is Cc1ccc(C(C)NS(=O)(=O)c2sc(=O)[nH]c2C)cc1. The van der Waals surface area contributed by atoms with Gasteiger partial charge in [0, 0.05) is 11.7 Å². The van der Waals surface area contributed by atoms with Crippen LogP contribution in [0.15, 0.2) is 33.3 Å². The molecule has 0 radical (unpaired) electrons. The maximum atomic E-state index is 12.3. The van der Waals surface area contributed by atoms with E-state index in [9.17, 15) is 13.2 Å². The number of sulfonamides is 1. The molecule has 0 aliphatic carbocycles. The van der Waals surface area contributed by atoms with Gasteiger partial charge in [0.05, 0.1) is 0 Å². The molecule has 0 saturated heterocycles. The Morgan fingerprint density at radius 1 is 1.20 bits per heavy atom. The summed E-state index contributed by atoms with van der Waals surface area (Å²) >= 11 is 0.699. The summed E-state index contributed by atoms with van der Waals surface area (Å²) in [5.41, 5.74) is 2.35. The van der Waals surface area contributed by atoms with Crippen molar-refractivity contribution in [1.29, 1.82) is 0 Å². The highest BCUT2D eigenvalue weighted by atomic mass is 32.2. The lowest BCUT2D eigenvalue weighted by Crippen LogP contribution is -2.26. The number of thiazole rings is 1. The van der Waals surface area contributed by atoms with Crippen molar-refractivity contribution < 1.29 is 8.42 Å². The van der Waals surface area contributed by atoms with Crippen LogP contribution in [0.1, 0.15) is 29.8 Å². The Labute approximate surface area is 121 Å². The van der Waals surface area contributed by atoms with E-state index in [-0.39, 0.29) is 15.1 Å². The van der Waals surface area contributed by atoms with Crippen LogP contribution in [0.4, 0.5) is 0 Å². The fourth-order valence-electron chi connectivity index (χ4n) is 1.86. The molecule has 0 aliphatic heterocycles. The Balaban J connectivity index is 2.26. The molecule has 0 fully saturated rings. The summed E-state index contributed by atoms with van der Waals surface area (Å²) in [5.74, 6) is 0. The Morgan fingerprint density at radius 2 is 1.80 bits per heavy atom. The first kappa shape index (κ1) is 15.0. The first-order chi connectivity index (χ1) is 9.29. The van der Waals surface area contributed by atoms with Crippen LogP contribution in [0.3, 0.4) is 0 Å². The Bertz CT molecular complexity index is 758. The second kappa shape index (κ2) is 5.51. The average molecular weight is 312 g/mol. The fraction of sp³-hybridized carbons (Fsp3) is 0.308. The van der Waals surface area contributed by atoms with Crippen molar-refractivity contribution >= 4 is 21.4 Å². The first-order valence-electron chi connectivity index (χ1n) is 6.08. The van der Waals surface area contributed by atoms with Crippen LogP contribution >= 0.6 is 11.3 Å². The highest BCUT2D eigenvalue weighted by Gasteiger charge is 2.23. The lowest BCUT2D eigenvalue weighted by Gasteiger charge is -2.14. The Morgan fingerprint density at radius 3 is 2.30 bits per heavy atom. The third kappa shape index (κ3) is 3.17. The van der Waals surface area contributed by atoms with Crippen LogP contribution in [-0.4, -0.2) is 13.4 Å². The summed E-state index contributed by atoms with van der Waals surface area (Å²) in [6, 6.07) is 7.27. The minimum atomic E-state index is -3.69. The number of aryl methyl sites for hydroxylation is 2. The van der Waals surface area contributed by atoms with E-state index in [1.807, 2.05) is 31.2 Å². The van der Waals surface area contributed by atoms with E-state index < -0.39 is 10.0 Å². The second-order valence-corrected chi connectivity index (χ2v) is 7.57. The van der Waals surface area contributed by atoms with Crippen LogP contribution in [0.25, 0.3) is 0 Å². The van der Waals surface area contributed by atoms with E-state index in [1.165, 1.54) is 0 Å². The van der Waals surface area contributed by atoms with Crippen LogP contribution in [0.5, 0.6) is 0 Å². The molecule has 0 bridgehead atoms. The Hall–Kier alpha value is -1.44. The molecule has 7 heteroatoms. The van der Waals surface area contributed by atoms with Gasteiger partial charge in [-0.15, -0.1) is 0 Å². The number of aromatic nitrogens is 1. The molecule has 1 heterocycles. The normalized spacial score (nSPS) is 13.3. The van der Waals surface area contributed by atoms with E-state index >= 15 is 0 Å². The third-order valence-corrected chi connectivity index (χ3v) is 6.08. The van der Waals surface area contributed by atoms with Gasteiger partial charge in [-0.25, -0.2) is 13.1 Å². The van der Waals surface area contributed by atoms with Crippen LogP contribution in [0, 0.1) is 13.8 Å². The molecule has 2 aromatic rings. The number of nitrogens with one attached hydrogen (secondary N) is 2. The predicted octanol–water partition coefficient (Wildman–Crippen LogP) is 2.09. The number of aromatic amines is 1. The van der Waals surface area contributed by atoms with Gasteiger partial charge in [-0.3, -0.25) is 4.79 Å². The molecule has 0 saturated carbocycles. The van der Waals surface area contributed by atoms with Gasteiger partial charge in [0.25, 0.3) is 10.0 Å². The maximum absolute atomic E-state index is 12.3. The summed E-state index contributed by atoms with van der Waals surface area (Å²) < 4.78 is 27.1. The minimum Gasteiger partial charge on any atom is -0.315 e. The average Bonchev–Trinajstić information content (AvgIpc) is 2.69.